The SMILES string of the molecule is CON=C(C(=O)OC)c1ccccc1COc1cc(Cl)c(Oc2ccc([N+](=O)[O-])cc2)c(Cl)c1. The maximum Gasteiger partial charge on any atom is 0.360 e. The average Bonchev–Trinajstić information content (AvgIpc) is 2.83. The molecule has 0 aromatic heterocycles. The zero-order chi connectivity index (χ0) is 24.7. The second-order valence-corrected chi connectivity index (χ2v) is 7.44. The topological polar surface area (TPSA) is 109 Å². The van der Waals surface area contributed by atoms with Gasteiger partial charge in [-0.2, -0.15) is 0 Å². The van der Waals surface area contributed by atoms with Gasteiger partial charge in [-0.05, 0) is 17.7 Å². The molecule has 0 aliphatic heterocycles. The van der Waals surface area contributed by atoms with E-state index in [1.807, 2.05) is 0 Å². The molecule has 0 unspecified atom stereocenters. The van der Waals surface area contributed by atoms with Gasteiger partial charge in [-0.1, -0.05) is 52.6 Å². The summed E-state index contributed by atoms with van der Waals surface area (Å²) in [5.74, 6) is 0.187. The quantitative estimate of drug-likeness (QED) is 0.157. The minimum Gasteiger partial charge on any atom is -0.489 e. The lowest BCUT2D eigenvalue weighted by Crippen LogP contribution is -2.19. The number of halogens is 2. The van der Waals surface area contributed by atoms with E-state index >= 15 is 0 Å². The summed E-state index contributed by atoms with van der Waals surface area (Å²) >= 11 is 12.7. The molecule has 0 aliphatic carbocycles. The lowest BCUT2D eigenvalue weighted by Gasteiger charge is -2.14. The number of benzene rings is 3. The molecule has 0 radical (unpaired) electrons. The Balaban J connectivity index is 1.79. The third kappa shape index (κ3) is 5.94. The van der Waals surface area contributed by atoms with Crippen molar-refractivity contribution in [2.24, 2.45) is 5.16 Å². The maximum absolute atomic E-state index is 12.1. The highest BCUT2D eigenvalue weighted by molar-refractivity contribution is 6.43. The Bertz CT molecular complexity index is 1210. The summed E-state index contributed by atoms with van der Waals surface area (Å²) in [4.78, 5) is 27.2. The van der Waals surface area contributed by atoms with Gasteiger partial charge in [-0.3, -0.25) is 10.1 Å². The van der Waals surface area contributed by atoms with Crippen LogP contribution in [0.4, 0.5) is 5.69 Å². The van der Waals surface area contributed by atoms with Crippen LogP contribution in [0.1, 0.15) is 11.1 Å². The molecule has 0 saturated carbocycles. The number of nitrogens with zero attached hydrogens (tertiary/aromatic N) is 2. The van der Waals surface area contributed by atoms with E-state index in [0.29, 0.717) is 22.6 Å². The van der Waals surface area contributed by atoms with Crippen LogP contribution in [0.15, 0.2) is 65.8 Å². The fraction of sp³-hybridized carbons (Fsp3) is 0.130. The normalized spacial score (nSPS) is 11.0. The first-order valence-electron chi connectivity index (χ1n) is 9.66. The van der Waals surface area contributed by atoms with Crippen molar-refractivity contribution in [2.45, 2.75) is 6.61 Å². The minimum atomic E-state index is -0.659. The number of carbonyl (C=O) groups is 1. The van der Waals surface area contributed by atoms with E-state index in [0.717, 1.165) is 0 Å². The molecule has 0 saturated heterocycles. The molecular formula is C23H18Cl2N2O7. The van der Waals surface area contributed by atoms with Crippen molar-refractivity contribution in [1.82, 2.24) is 0 Å². The molecular weight excluding hydrogens is 487 g/mol. The fourth-order valence-electron chi connectivity index (χ4n) is 2.89. The standard InChI is InChI=1S/C23H18Cl2N2O7/c1-31-23(28)21(26-32-2)18-6-4-3-5-14(18)13-33-17-11-19(24)22(20(25)12-17)34-16-9-7-15(8-10-16)27(29)30/h3-12H,13H2,1-2H3. The highest BCUT2D eigenvalue weighted by atomic mass is 35.5. The first-order valence-corrected chi connectivity index (χ1v) is 10.4. The first kappa shape index (κ1) is 24.8. The predicted molar refractivity (Wildman–Crippen MR) is 126 cm³/mol. The van der Waals surface area contributed by atoms with Crippen molar-refractivity contribution in [1.29, 1.82) is 0 Å². The van der Waals surface area contributed by atoms with Crippen LogP contribution >= 0.6 is 23.2 Å². The lowest BCUT2D eigenvalue weighted by molar-refractivity contribution is -0.384. The number of hydrogen-bond acceptors (Lipinski definition) is 8. The number of ether oxygens (including phenoxy) is 3. The predicted octanol–water partition coefficient (Wildman–Crippen LogP) is 5.80. The van der Waals surface area contributed by atoms with Crippen molar-refractivity contribution >= 4 is 40.6 Å². The minimum absolute atomic E-state index is 0.00731. The maximum atomic E-state index is 12.1. The summed E-state index contributed by atoms with van der Waals surface area (Å²) in [7, 11) is 2.57. The van der Waals surface area contributed by atoms with Crippen molar-refractivity contribution in [3.05, 3.63) is 92.0 Å². The highest BCUT2D eigenvalue weighted by Gasteiger charge is 2.20. The zero-order valence-electron chi connectivity index (χ0n) is 18.0. The third-order valence-corrected chi connectivity index (χ3v) is 5.03. The van der Waals surface area contributed by atoms with Gasteiger partial charge >= 0.3 is 5.97 Å². The number of carbonyl (C=O) groups excluding carboxylic acids is 1. The van der Waals surface area contributed by atoms with Gasteiger partial charge in [-0.25, -0.2) is 4.79 Å². The number of nitro groups is 1. The van der Waals surface area contributed by atoms with E-state index in [4.69, 9.17) is 42.3 Å². The van der Waals surface area contributed by atoms with E-state index in [-0.39, 0.29) is 33.8 Å². The number of rotatable bonds is 9. The van der Waals surface area contributed by atoms with Crippen LogP contribution in [0.5, 0.6) is 17.2 Å². The molecule has 3 rings (SSSR count). The number of non-ortho nitro benzene ring substituents is 1. The number of hydrogen-bond donors (Lipinski definition) is 0. The Hall–Kier alpha value is -3.82. The van der Waals surface area contributed by atoms with Crippen LogP contribution < -0.4 is 9.47 Å². The molecule has 9 nitrogen and oxygen atoms in total. The van der Waals surface area contributed by atoms with Crippen molar-refractivity contribution in [3.8, 4) is 17.2 Å². The smallest absolute Gasteiger partial charge is 0.360 e. The van der Waals surface area contributed by atoms with Gasteiger partial charge in [0.05, 0.1) is 22.1 Å². The Morgan fingerprint density at radius 2 is 1.65 bits per heavy atom. The largest absolute Gasteiger partial charge is 0.489 e. The Morgan fingerprint density at radius 1 is 1.00 bits per heavy atom. The van der Waals surface area contributed by atoms with Crippen LogP contribution in [0.3, 0.4) is 0 Å². The van der Waals surface area contributed by atoms with Crippen LogP contribution in [0.2, 0.25) is 10.0 Å². The molecule has 0 spiro atoms. The summed E-state index contributed by atoms with van der Waals surface area (Å²) in [6, 6.07) is 15.5. The Kier molecular flexibility index (Phi) is 8.29. The van der Waals surface area contributed by atoms with Gasteiger partial charge < -0.3 is 19.0 Å². The van der Waals surface area contributed by atoms with Gasteiger partial charge in [0.1, 0.15) is 25.2 Å². The molecule has 0 amide bonds. The number of nitro benzene ring substituents is 1. The summed E-state index contributed by atoms with van der Waals surface area (Å²) in [5.41, 5.74) is 1.04. The summed E-state index contributed by atoms with van der Waals surface area (Å²) in [5, 5.41) is 14.9. The molecule has 34 heavy (non-hydrogen) atoms. The van der Waals surface area contributed by atoms with Gasteiger partial charge in [0, 0.05) is 29.8 Å². The van der Waals surface area contributed by atoms with Crippen LogP contribution in [-0.2, 0) is 21.0 Å². The zero-order valence-corrected chi connectivity index (χ0v) is 19.5. The van der Waals surface area contributed by atoms with Crippen molar-refractivity contribution in [2.75, 3.05) is 14.2 Å². The summed E-state index contributed by atoms with van der Waals surface area (Å²) in [6.45, 7) is 0.0606. The molecule has 0 N–H and O–H groups in total. The van der Waals surface area contributed by atoms with Crippen LogP contribution in [0.25, 0.3) is 0 Å². The fourth-order valence-corrected chi connectivity index (χ4v) is 3.44. The molecule has 176 valence electrons. The molecule has 3 aromatic carbocycles. The van der Waals surface area contributed by atoms with Crippen LogP contribution in [0, 0.1) is 10.1 Å². The average molecular weight is 505 g/mol. The monoisotopic (exact) mass is 504 g/mol. The van der Waals surface area contributed by atoms with Crippen molar-refractivity contribution in [3.63, 3.8) is 0 Å². The van der Waals surface area contributed by atoms with E-state index < -0.39 is 10.9 Å². The molecule has 0 fully saturated rings. The molecule has 0 aliphatic rings. The lowest BCUT2D eigenvalue weighted by atomic mass is 10.0. The van der Waals surface area contributed by atoms with E-state index in [9.17, 15) is 14.9 Å². The molecule has 3 aromatic rings. The Labute approximate surface area is 204 Å². The summed E-state index contributed by atoms with van der Waals surface area (Å²) < 4.78 is 16.3. The summed E-state index contributed by atoms with van der Waals surface area (Å²) in [6.07, 6.45) is 0. The Morgan fingerprint density at radius 3 is 2.24 bits per heavy atom. The number of methoxy groups -OCH3 is 1. The number of oxime groups is 1. The van der Waals surface area contributed by atoms with Gasteiger partial charge in [0.15, 0.2) is 11.5 Å². The van der Waals surface area contributed by atoms with E-state index in [1.54, 1.807) is 24.3 Å². The van der Waals surface area contributed by atoms with Crippen LogP contribution in [-0.4, -0.2) is 30.8 Å². The molecule has 0 bridgehead atoms. The van der Waals surface area contributed by atoms with E-state index in [1.165, 1.54) is 50.6 Å². The first-order chi connectivity index (χ1) is 16.3. The van der Waals surface area contributed by atoms with Gasteiger partial charge in [0.2, 0.25) is 0 Å². The second-order valence-electron chi connectivity index (χ2n) is 6.63. The van der Waals surface area contributed by atoms with Crippen molar-refractivity contribution < 1.29 is 28.8 Å². The molecule has 0 heterocycles. The number of esters is 1. The van der Waals surface area contributed by atoms with E-state index in [2.05, 4.69) is 5.16 Å². The second kappa shape index (κ2) is 11.4. The van der Waals surface area contributed by atoms with Gasteiger partial charge in [-0.15, -0.1) is 0 Å². The molecule has 0 atom stereocenters. The van der Waals surface area contributed by atoms with Gasteiger partial charge in [0.25, 0.3) is 5.69 Å². The third-order valence-electron chi connectivity index (χ3n) is 4.47. The highest BCUT2D eigenvalue weighted by Crippen LogP contribution is 2.40. The molecule has 11 heteroatoms.